The summed E-state index contributed by atoms with van der Waals surface area (Å²) >= 11 is 0. The van der Waals surface area contributed by atoms with Gasteiger partial charge in [-0.05, 0) is 43.9 Å². The van der Waals surface area contributed by atoms with Gasteiger partial charge in [0.1, 0.15) is 11.6 Å². The molecule has 3 rings (SSSR count). The lowest BCUT2D eigenvalue weighted by Gasteiger charge is -2.43. The Balaban J connectivity index is 1.65. The third kappa shape index (κ3) is 3.22. The predicted molar refractivity (Wildman–Crippen MR) is 91.8 cm³/mol. The maximum atomic E-state index is 12.4. The second-order valence-corrected chi connectivity index (χ2v) is 6.10. The first kappa shape index (κ1) is 16.4. The van der Waals surface area contributed by atoms with E-state index in [1.165, 1.54) is 0 Å². The van der Waals surface area contributed by atoms with E-state index in [1.54, 1.807) is 13.3 Å². The smallest absolute Gasteiger partial charge is 0.315 e. The molecule has 1 aliphatic carbocycles. The highest BCUT2D eigenvalue weighted by Crippen LogP contribution is 2.42. The molecule has 2 N–H and O–H groups in total. The Kier molecular flexibility index (Phi) is 4.74. The van der Waals surface area contributed by atoms with Crippen molar-refractivity contribution in [2.45, 2.75) is 44.8 Å². The lowest BCUT2D eigenvalue weighted by molar-refractivity contribution is 0.176. The Morgan fingerprint density at radius 3 is 2.92 bits per heavy atom. The topological polar surface area (TPSA) is 68.2 Å². The summed E-state index contributed by atoms with van der Waals surface area (Å²) < 4.78 is 7.32. The maximum Gasteiger partial charge on any atom is 0.315 e. The molecule has 0 saturated heterocycles. The van der Waals surface area contributed by atoms with Gasteiger partial charge in [0.25, 0.3) is 0 Å². The molecular weight excluding hydrogens is 304 g/mol. The number of imidazole rings is 1. The first-order chi connectivity index (χ1) is 11.7. The predicted octanol–water partition coefficient (Wildman–Crippen LogP) is 2.79. The van der Waals surface area contributed by atoms with Crippen LogP contribution in [0.2, 0.25) is 0 Å². The molecule has 1 aliphatic rings. The van der Waals surface area contributed by atoms with E-state index in [0.29, 0.717) is 6.54 Å². The third-order valence-electron chi connectivity index (χ3n) is 4.73. The first-order valence-corrected chi connectivity index (χ1v) is 8.37. The second kappa shape index (κ2) is 6.95. The van der Waals surface area contributed by atoms with Gasteiger partial charge in [0.15, 0.2) is 0 Å². The number of aromatic nitrogens is 2. The quantitative estimate of drug-likeness (QED) is 0.857. The van der Waals surface area contributed by atoms with Crippen molar-refractivity contribution in [2.75, 3.05) is 7.11 Å². The van der Waals surface area contributed by atoms with E-state index >= 15 is 0 Å². The van der Waals surface area contributed by atoms with Crippen LogP contribution in [0.15, 0.2) is 36.7 Å². The summed E-state index contributed by atoms with van der Waals surface area (Å²) in [4.78, 5) is 16.7. The molecular formula is C18H24N4O2. The molecule has 2 aromatic rings. The van der Waals surface area contributed by atoms with Crippen molar-refractivity contribution in [1.29, 1.82) is 0 Å². The molecule has 1 saturated carbocycles. The SMILES string of the molecule is CCn1ccnc1CNC(=O)NC1(c2cccc(OC)c2)CCC1. The van der Waals surface area contributed by atoms with Gasteiger partial charge in [-0.25, -0.2) is 9.78 Å². The molecule has 0 aliphatic heterocycles. The van der Waals surface area contributed by atoms with E-state index in [9.17, 15) is 4.79 Å². The summed E-state index contributed by atoms with van der Waals surface area (Å²) in [6.07, 6.45) is 6.66. The Morgan fingerprint density at radius 2 is 2.25 bits per heavy atom. The standard InChI is InChI=1S/C18H24N4O2/c1-3-22-11-10-19-16(22)13-20-17(23)21-18(8-5-9-18)14-6-4-7-15(12-14)24-2/h4,6-7,10-12H,3,5,8-9,13H2,1-2H3,(H2,20,21,23). The Hall–Kier alpha value is -2.50. The summed E-state index contributed by atoms with van der Waals surface area (Å²) in [6.45, 7) is 3.31. The number of ether oxygens (including phenoxy) is 1. The van der Waals surface area contributed by atoms with Gasteiger partial charge in [0, 0.05) is 18.9 Å². The van der Waals surface area contributed by atoms with Gasteiger partial charge >= 0.3 is 6.03 Å². The minimum absolute atomic E-state index is 0.164. The third-order valence-corrected chi connectivity index (χ3v) is 4.73. The number of carbonyl (C=O) groups is 1. The van der Waals surface area contributed by atoms with Crippen LogP contribution in [0.4, 0.5) is 4.79 Å². The fourth-order valence-electron chi connectivity index (χ4n) is 3.15. The van der Waals surface area contributed by atoms with Crippen molar-refractivity contribution in [3.63, 3.8) is 0 Å². The van der Waals surface area contributed by atoms with E-state index in [0.717, 1.165) is 42.9 Å². The maximum absolute atomic E-state index is 12.4. The molecule has 1 fully saturated rings. The molecule has 0 atom stereocenters. The van der Waals surface area contributed by atoms with Gasteiger partial charge in [-0.1, -0.05) is 12.1 Å². The average Bonchev–Trinajstić information content (AvgIpc) is 3.04. The minimum Gasteiger partial charge on any atom is -0.497 e. The largest absolute Gasteiger partial charge is 0.497 e. The van der Waals surface area contributed by atoms with Crippen LogP contribution < -0.4 is 15.4 Å². The van der Waals surface area contributed by atoms with E-state index in [-0.39, 0.29) is 11.6 Å². The van der Waals surface area contributed by atoms with Crippen LogP contribution in [-0.2, 0) is 18.6 Å². The average molecular weight is 328 g/mol. The van der Waals surface area contributed by atoms with Gasteiger partial charge in [-0.3, -0.25) is 0 Å². The Morgan fingerprint density at radius 1 is 1.42 bits per heavy atom. The van der Waals surface area contributed by atoms with Gasteiger partial charge < -0.3 is 19.9 Å². The van der Waals surface area contributed by atoms with Crippen molar-refractivity contribution in [3.05, 3.63) is 48.0 Å². The van der Waals surface area contributed by atoms with Crippen molar-refractivity contribution in [1.82, 2.24) is 20.2 Å². The van der Waals surface area contributed by atoms with E-state index < -0.39 is 0 Å². The Labute approximate surface area is 142 Å². The lowest BCUT2D eigenvalue weighted by Crippen LogP contribution is -2.53. The van der Waals surface area contributed by atoms with Gasteiger partial charge in [-0.15, -0.1) is 0 Å². The second-order valence-electron chi connectivity index (χ2n) is 6.10. The lowest BCUT2D eigenvalue weighted by atomic mass is 9.72. The normalized spacial score (nSPS) is 15.4. The van der Waals surface area contributed by atoms with Crippen molar-refractivity contribution < 1.29 is 9.53 Å². The molecule has 1 aromatic carbocycles. The number of hydrogen-bond donors (Lipinski definition) is 2. The van der Waals surface area contributed by atoms with Crippen molar-refractivity contribution in [3.8, 4) is 5.75 Å². The summed E-state index contributed by atoms with van der Waals surface area (Å²) in [5.41, 5.74) is 0.803. The molecule has 0 spiro atoms. The minimum atomic E-state index is -0.293. The van der Waals surface area contributed by atoms with Gasteiger partial charge in [0.05, 0.1) is 19.2 Å². The number of nitrogens with one attached hydrogen (secondary N) is 2. The fourth-order valence-corrected chi connectivity index (χ4v) is 3.15. The number of methoxy groups -OCH3 is 1. The molecule has 0 bridgehead atoms. The zero-order valence-electron chi connectivity index (χ0n) is 14.2. The monoisotopic (exact) mass is 328 g/mol. The summed E-state index contributed by atoms with van der Waals surface area (Å²) in [6, 6.07) is 7.77. The number of amides is 2. The number of aryl methyl sites for hydroxylation is 1. The van der Waals surface area contributed by atoms with E-state index in [1.807, 2.05) is 35.0 Å². The van der Waals surface area contributed by atoms with E-state index in [2.05, 4.69) is 22.5 Å². The van der Waals surface area contributed by atoms with Crippen LogP contribution in [0.3, 0.4) is 0 Å². The highest BCUT2D eigenvalue weighted by molar-refractivity contribution is 5.75. The van der Waals surface area contributed by atoms with E-state index in [4.69, 9.17) is 4.74 Å². The summed E-state index contributed by atoms with van der Waals surface area (Å²) in [5.74, 6) is 1.67. The molecule has 24 heavy (non-hydrogen) atoms. The van der Waals surface area contributed by atoms with Crippen molar-refractivity contribution in [2.24, 2.45) is 0 Å². The molecule has 0 unspecified atom stereocenters. The highest BCUT2D eigenvalue weighted by atomic mass is 16.5. The number of urea groups is 1. The number of carbonyl (C=O) groups excluding carboxylic acids is 1. The van der Waals surface area contributed by atoms with Crippen LogP contribution in [-0.4, -0.2) is 22.7 Å². The number of benzene rings is 1. The fraction of sp³-hybridized carbons (Fsp3) is 0.444. The molecule has 6 heteroatoms. The van der Waals surface area contributed by atoms with Crippen LogP contribution >= 0.6 is 0 Å². The zero-order valence-corrected chi connectivity index (χ0v) is 14.2. The molecule has 128 valence electrons. The zero-order chi connectivity index (χ0) is 17.0. The van der Waals surface area contributed by atoms with Crippen LogP contribution in [0.25, 0.3) is 0 Å². The first-order valence-electron chi connectivity index (χ1n) is 8.37. The molecule has 2 amide bonds. The Bertz CT molecular complexity index is 707. The van der Waals surface area contributed by atoms with Gasteiger partial charge in [-0.2, -0.15) is 0 Å². The number of hydrogen-bond acceptors (Lipinski definition) is 3. The summed E-state index contributed by atoms with van der Waals surface area (Å²) in [5, 5.41) is 6.07. The van der Waals surface area contributed by atoms with Crippen LogP contribution in [0.5, 0.6) is 5.75 Å². The number of nitrogens with zero attached hydrogens (tertiary/aromatic N) is 2. The van der Waals surface area contributed by atoms with Crippen LogP contribution in [0, 0.1) is 0 Å². The van der Waals surface area contributed by atoms with Crippen LogP contribution in [0.1, 0.15) is 37.6 Å². The molecule has 1 aromatic heterocycles. The summed E-state index contributed by atoms with van der Waals surface area (Å²) in [7, 11) is 1.66. The molecule has 1 heterocycles. The molecule has 6 nitrogen and oxygen atoms in total. The van der Waals surface area contributed by atoms with Gasteiger partial charge in [0.2, 0.25) is 0 Å². The molecule has 0 radical (unpaired) electrons. The highest BCUT2D eigenvalue weighted by Gasteiger charge is 2.40. The number of rotatable bonds is 6. The van der Waals surface area contributed by atoms with Crippen molar-refractivity contribution >= 4 is 6.03 Å².